The SMILES string of the molecule is CNCC1Cc2cccc(O)c2CN1. The molecule has 14 heavy (non-hydrogen) atoms. The molecule has 2 rings (SSSR count). The number of aromatic hydroxyl groups is 1. The van der Waals surface area contributed by atoms with Gasteiger partial charge in [-0.1, -0.05) is 12.1 Å². The topological polar surface area (TPSA) is 44.3 Å². The summed E-state index contributed by atoms with van der Waals surface area (Å²) in [4.78, 5) is 0. The molecule has 0 amide bonds. The second-order valence-corrected chi connectivity index (χ2v) is 3.75. The predicted molar refractivity (Wildman–Crippen MR) is 56.4 cm³/mol. The molecule has 1 aliphatic heterocycles. The monoisotopic (exact) mass is 192 g/mol. The van der Waals surface area contributed by atoms with Crippen LogP contribution in [-0.2, 0) is 13.0 Å². The molecule has 1 heterocycles. The van der Waals surface area contributed by atoms with Crippen LogP contribution in [-0.4, -0.2) is 24.7 Å². The quantitative estimate of drug-likeness (QED) is 0.644. The lowest BCUT2D eigenvalue weighted by atomic mass is 9.95. The molecule has 0 saturated heterocycles. The summed E-state index contributed by atoms with van der Waals surface area (Å²) in [6.07, 6.45) is 0.991. The fourth-order valence-corrected chi connectivity index (χ4v) is 1.99. The van der Waals surface area contributed by atoms with Crippen molar-refractivity contribution in [3.63, 3.8) is 0 Å². The van der Waals surface area contributed by atoms with Crippen LogP contribution in [0.5, 0.6) is 5.75 Å². The number of benzene rings is 1. The van der Waals surface area contributed by atoms with E-state index in [0.29, 0.717) is 11.8 Å². The lowest BCUT2D eigenvalue weighted by molar-refractivity contribution is 0.428. The van der Waals surface area contributed by atoms with Gasteiger partial charge in [-0.3, -0.25) is 0 Å². The van der Waals surface area contributed by atoms with Crippen molar-refractivity contribution in [2.45, 2.75) is 19.0 Å². The second kappa shape index (κ2) is 3.98. The minimum absolute atomic E-state index is 0.415. The molecule has 0 aromatic heterocycles. The number of phenols is 1. The lowest BCUT2D eigenvalue weighted by Gasteiger charge is -2.26. The van der Waals surface area contributed by atoms with Crippen LogP contribution in [0.3, 0.4) is 0 Å². The van der Waals surface area contributed by atoms with E-state index in [2.05, 4.69) is 16.7 Å². The average molecular weight is 192 g/mol. The van der Waals surface area contributed by atoms with Crippen molar-refractivity contribution < 1.29 is 5.11 Å². The molecule has 3 heteroatoms. The summed E-state index contributed by atoms with van der Waals surface area (Å²) in [7, 11) is 1.96. The largest absolute Gasteiger partial charge is 0.508 e. The zero-order valence-corrected chi connectivity index (χ0v) is 8.38. The van der Waals surface area contributed by atoms with Crippen molar-refractivity contribution in [2.24, 2.45) is 0 Å². The zero-order valence-electron chi connectivity index (χ0n) is 8.38. The molecule has 76 valence electrons. The van der Waals surface area contributed by atoms with E-state index in [0.717, 1.165) is 25.1 Å². The van der Waals surface area contributed by atoms with Gasteiger partial charge in [-0.05, 0) is 25.1 Å². The minimum Gasteiger partial charge on any atom is -0.508 e. The molecule has 0 bridgehead atoms. The van der Waals surface area contributed by atoms with Crippen molar-refractivity contribution >= 4 is 0 Å². The third-order valence-corrected chi connectivity index (χ3v) is 2.73. The van der Waals surface area contributed by atoms with Crippen molar-refractivity contribution in [3.8, 4) is 5.75 Å². The highest BCUT2D eigenvalue weighted by molar-refractivity contribution is 5.41. The Kier molecular flexibility index (Phi) is 2.70. The molecule has 0 aliphatic carbocycles. The van der Waals surface area contributed by atoms with Crippen LogP contribution < -0.4 is 10.6 Å². The van der Waals surface area contributed by atoms with Crippen LogP contribution in [0.2, 0.25) is 0 Å². The average Bonchev–Trinajstić information content (AvgIpc) is 2.18. The van der Waals surface area contributed by atoms with Crippen molar-refractivity contribution in [2.75, 3.05) is 13.6 Å². The maximum atomic E-state index is 9.62. The highest BCUT2D eigenvalue weighted by Crippen LogP contribution is 2.24. The normalized spacial score (nSPS) is 20.5. The van der Waals surface area contributed by atoms with Crippen molar-refractivity contribution in [1.29, 1.82) is 0 Å². The fourth-order valence-electron chi connectivity index (χ4n) is 1.99. The Labute approximate surface area is 84.1 Å². The first-order valence-electron chi connectivity index (χ1n) is 4.99. The third-order valence-electron chi connectivity index (χ3n) is 2.73. The molecular formula is C11H16N2O. The number of hydrogen-bond donors (Lipinski definition) is 3. The van der Waals surface area contributed by atoms with Gasteiger partial charge in [-0.2, -0.15) is 0 Å². The maximum absolute atomic E-state index is 9.62. The summed E-state index contributed by atoms with van der Waals surface area (Å²) in [6, 6.07) is 6.24. The first kappa shape index (κ1) is 9.49. The number of hydrogen-bond acceptors (Lipinski definition) is 3. The van der Waals surface area contributed by atoms with Gasteiger partial charge in [0.05, 0.1) is 0 Å². The summed E-state index contributed by atoms with van der Waals surface area (Å²) in [6.45, 7) is 1.74. The smallest absolute Gasteiger partial charge is 0.120 e. The second-order valence-electron chi connectivity index (χ2n) is 3.75. The number of likely N-dealkylation sites (N-methyl/N-ethyl adjacent to an activating group) is 1. The van der Waals surface area contributed by atoms with Gasteiger partial charge in [0.2, 0.25) is 0 Å². The fraction of sp³-hybridized carbons (Fsp3) is 0.455. The summed E-state index contributed by atoms with van der Waals surface area (Å²) < 4.78 is 0. The summed E-state index contributed by atoms with van der Waals surface area (Å²) >= 11 is 0. The highest BCUT2D eigenvalue weighted by atomic mass is 16.3. The lowest BCUT2D eigenvalue weighted by Crippen LogP contribution is -2.42. The molecular weight excluding hydrogens is 176 g/mol. The molecule has 0 saturated carbocycles. The standard InChI is InChI=1S/C11H16N2O/c1-12-6-9-5-8-3-2-4-11(14)10(8)7-13-9/h2-4,9,12-14H,5-7H2,1H3. The Hall–Kier alpha value is -1.06. The highest BCUT2D eigenvalue weighted by Gasteiger charge is 2.18. The van der Waals surface area contributed by atoms with Gasteiger partial charge in [0.25, 0.3) is 0 Å². The van der Waals surface area contributed by atoms with E-state index in [1.807, 2.05) is 13.1 Å². The molecule has 1 atom stereocenters. The Bertz CT molecular complexity index is 325. The first-order valence-corrected chi connectivity index (χ1v) is 4.99. The summed E-state index contributed by atoms with van der Waals surface area (Å²) in [5.74, 6) is 0.415. The van der Waals surface area contributed by atoms with Crippen molar-refractivity contribution in [3.05, 3.63) is 29.3 Å². The van der Waals surface area contributed by atoms with E-state index in [-0.39, 0.29) is 0 Å². The van der Waals surface area contributed by atoms with Gasteiger partial charge >= 0.3 is 0 Å². The molecule has 1 aromatic rings. The zero-order chi connectivity index (χ0) is 9.97. The Morgan fingerprint density at radius 2 is 2.43 bits per heavy atom. The number of nitrogens with one attached hydrogen (secondary N) is 2. The molecule has 3 nitrogen and oxygen atoms in total. The molecule has 0 fully saturated rings. The van der Waals surface area contributed by atoms with E-state index in [1.54, 1.807) is 6.07 Å². The number of rotatable bonds is 2. The van der Waals surface area contributed by atoms with Crippen LogP contribution in [0.25, 0.3) is 0 Å². The molecule has 0 spiro atoms. The van der Waals surface area contributed by atoms with E-state index < -0.39 is 0 Å². The van der Waals surface area contributed by atoms with Gasteiger partial charge in [-0.25, -0.2) is 0 Å². The molecule has 1 aliphatic rings. The Morgan fingerprint density at radius 1 is 1.57 bits per heavy atom. The molecule has 1 aromatic carbocycles. The van der Waals surface area contributed by atoms with Crippen LogP contribution >= 0.6 is 0 Å². The van der Waals surface area contributed by atoms with Crippen LogP contribution in [0, 0.1) is 0 Å². The van der Waals surface area contributed by atoms with E-state index in [4.69, 9.17) is 0 Å². The van der Waals surface area contributed by atoms with Crippen LogP contribution in [0.4, 0.5) is 0 Å². The third kappa shape index (κ3) is 1.74. The van der Waals surface area contributed by atoms with Gasteiger partial charge in [0.15, 0.2) is 0 Å². The van der Waals surface area contributed by atoms with Crippen LogP contribution in [0.15, 0.2) is 18.2 Å². The Morgan fingerprint density at radius 3 is 3.21 bits per heavy atom. The molecule has 0 radical (unpaired) electrons. The predicted octanol–water partition coefficient (Wildman–Crippen LogP) is 0.626. The van der Waals surface area contributed by atoms with Gasteiger partial charge < -0.3 is 15.7 Å². The van der Waals surface area contributed by atoms with Gasteiger partial charge in [0, 0.05) is 24.7 Å². The van der Waals surface area contributed by atoms with Crippen LogP contribution in [0.1, 0.15) is 11.1 Å². The number of phenolic OH excluding ortho intramolecular Hbond substituents is 1. The van der Waals surface area contributed by atoms with E-state index in [1.165, 1.54) is 5.56 Å². The van der Waals surface area contributed by atoms with Gasteiger partial charge in [-0.15, -0.1) is 0 Å². The van der Waals surface area contributed by atoms with E-state index in [9.17, 15) is 5.11 Å². The Balaban J connectivity index is 2.18. The maximum Gasteiger partial charge on any atom is 0.120 e. The minimum atomic E-state index is 0.415. The van der Waals surface area contributed by atoms with Crippen molar-refractivity contribution in [1.82, 2.24) is 10.6 Å². The summed E-state index contributed by atoms with van der Waals surface area (Å²) in [5, 5.41) is 16.2. The molecule has 1 unspecified atom stereocenters. The van der Waals surface area contributed by atoms with Gasteiger partial charge in [0.1, 0.15) is 5.75 Å². The number of fused-ring (bicyclic) bond motifs is 1. The van der Waals surface area contributed by atoms with E-state index >= 15 is 0 Å². The molecule has 3 N–H and O–H groups in total. The first-order chi connectivity index (χ1) is 6.81. The summed E-state index contributed by atoms with van der Waals surface area (Å²) in [5.41, 5.74) is 2.32.